The third kappa shape index (κ3) is 7.80. The molecule has 4 rings (SSSR count). The fourth-order valence-corrected chi connectivity index (χ4v) is 5.93. The molecular weight excluding hydrogens is 505 g/mol. The normalized spacial score (nSPS) is 17.1. The summed E-state index contributed by atoms with van der Waals surface area (Å²) in [5.74, 6) is -1.09. The number of unbranched alkanes of at least 4 members (excludes halogenated alkanes) is 5. The summed E-state index contributed by atoms with van der Waals surface area (Å²) in [6.45, 7) is 6.37. The number of rotatable bonds is 14. The number of hydrogen-bond acceptors (Lipinski definition) is 1. The van der Waals surface area contributed by atoms with Crippen molar-refractivity contribution < 1.29 is 17.9 Å². The second-order valence-corrected chi connectivity index (χ2v) is 11.3. The maximum absolute atomic E-state index is 15.2. The summed E-state index contributed by atoms with van der Waals surface area (Å²) in [4.78, 5) is 0. The molecule has 0 saturated heterocycles. The van der Waals surface area contributed by atoms with Crippen molar-refractivity contribution in [3.8, 4) is 28.0 Å². The van der Waals surface area contributed by atoms with Crippen molar-refractivity contribution in [3.05, 3.63) is 90.3 Å². The van der Waals surface area contributed by atoms with Gasteiger partial charge in [-0.15, -0.1) is 6.58 Å². The molecular formula is C36H43F3O. The van der Waals surface area contributed by atoms with Crippen LogP contribution in [-0.4, -0.2) is 6.61 Å². The van der Waals surface area contributed by atoms with Gasteiger partial charge in [-0.1, -0.05) is 81.5 Å². The molecule has 0 aromatic heterocycles. The standard InChI is InChI=1S/C36H43F3O/c1-3-5-7-8-9-10-24-40-34-23-22-32(35(38)36(34)39)29-18-16-27(17-19-29)30-20-21-31(33(37)25-30)28-14-12-26(13-15-28)11-6-4-2/h4,16-23,25-26,28H,2-3,5-15,24H2,1H3. The average Bonchev–Trinajstić information content (AvgIpc) is 2.98. The third-order valence-electron chi connectivity index (χ3n) is 8.40. The molecule has 0 unspecified atom stereocenters. The first-order valence-corrected chi connectivity index (χ1v) is 15.1. The van der Waals surface area contributed by atoms with Crippen molar-refractivity contribution in [2.75, 3.05) is 6.61 Å². The lowest BCUT2D eigenvalue weighted by molar-refractivity contribution is 0.285. The van der Waals surface area contributed by atoms with Gasteiger partial charge in [0.15, 0.2) is 11.6 Å². The van der Waals surface area contributed by atoms with Gasteiger partial charge in [0.05, 0.1) is 6.61 Å². The van der Waals surface area contributed by atoms with Crippen LogP contribution in [0.25, 0.3) is 22.3 Å². The van der Waals surface area contributed by atoms with Crippen LogP contribution >= 0.6 is 0 Å². The van der Waals surface area contributed by atoms with E-state index in [4.69, 9.17) is 4.74 Å². The SMILES string of the molecule is C=CCCC1CCC(c2ccc(-c3ccc(-c4ccc(OCCCCCCCC)c(F)c4F)cc3)cc2F)CC1. The van der Waals surface area contributed by atoms with Crippen LogP contribution in [0.15, 0.2) is 67.3 Å². The third-order valence-corrected chi connectivity index (χ3v) is 8.40. The number of ether oxygens (including phenoxy) is 1. The Morgan fingerprint density at radius 2 is 1.45 bits per heavy atom. The van der Waals surface area contributed by atoms with Crippen LogP contribution in [0.2, 0.25) is 0 Å². The van der Waals surface area contributed by atoms with E-state index in [-0.39, 0.29) is 23.0 Å². The van der Waals surface area contributed by atoms with E-state index in [9.17, 15) is 8.78 Å². The number of allylic oxidation sites excluding steroid dienone is 1. The van der Waals surface area contributed by atoms with Crippen LogP contribution in [0, 0.1) is 23.4 Å². The van der Waals surface area contributed by atoms with Crippen LogP contribution in [-0.2, 0) is 0 Å². The van der Waals surface area contributed by atoms with E-state index in [1.54, 1.807) is 24.3 Å². The summed E-state index contributed by atoms with van der Waals surface area (Å²) >= 11 is 0. The van der Waals surface area contributed by atoms with Gasteiger partial charge in [0.25, 0.3) is 0 Å². The largest absolute Gasteiger partial charge is 0.490 e. The molecule has 1 saturated carbocycles. The lowest BCUT2D eigenvalue weighted by Gasteiger charge is -2.29. The van der Waals surface area contributed by atoms with Gasteiger partial charge >= 0.3 is 0 Å². The molecule has 1 nitrogen and oxygen atoms in total. The maximum Gasteiger partial charge on any atom is 0.201 e. The minimum atomic E-state index is -0.958. The summed E-state index contributed by atoms with van der Waals surface area (Å²) in [5, 5.41) is 0. The predicted molar refractivity (Wildman–Crippen MR) is 160 cm³/mol. The zero-order chi connectivity index (χ0) is 28.3. The molecule has 1 aliphatic rings. The fourth-order valence-electron chi connectivity index (χ4n) is 5.93. The highest BCUT2D eigenvalue weighted by Gasteiger charge is 2.24. The Bertz CT molecular complexity index is 1230. The highest BCUT2D eigenvalue weighted by atomic mass is 19.2. The number of benzene rings is 3. The Hall–Kier alpha value is -3.01. The lowest BCUT2D eigenvalue weighted by atomic mass is 9.77. The van der Waals surface area contributed by atoms with Gasteiger partial charge in [-0.25, -0.2) is 8.78 Å². The van der Waals surface area contributed by atoms with Crippen LogP contribution in [0.1, 0.15) is 95.5 Å². The lowest BCUT2D eigenvalue weighted by Crippen LogP contribution is -2.14. The van der Waals surface area contributed by atoms with Gasteiger partial charge in [-0.05, 0) is 97.2 Å². The summed E-state index contributed by atoms with van der Waals surface area (Å²) in [5.41, 5.74) is 3.16. The molecule has 0 bridgehead atoms. The van der Waals surface area contributed by atoms with Gasteiger partial charge in [0.1, 0.15) is 5.82 Å². The van der Waals surface area contributed by atoms with Crippen LogP contribution in [0.3, 0.4) is 0 Å². The van der Waals surface area contributed by atoms with E-state index >= 15 is 4.39 Å². The van der Waals surface area contributed by atoms with Crippen molar-refractivity contribution >= 4 is 0 Å². The Labute approximate surface area is 238 Å². The second kappa shape index (κ2) is 15.1. The van der Waals surface area contributed by atoms with E-state index in [1.807, 2.05) is 30.3 Å². The van der Waals surface area contributed by atoms with E-state index in [0.29, 0.717) is 12.2 Å². The molecule has 40 heavy (non-hydrogen) atoms. The van der Waals surface area contributed by atoms with Crippen LogP contribution in [0.5, 0.6) is 5.75 Å². The second-order valence-electron chi connectivity index (χ2n) is 11.3. The summed E-state index contributed by atoms with van der Waals surface area (Å²) in [7, 11) is 0. The highest BCUT2D eigenvalue weighted by molar-refractivity contribution is 5.71. The smallest absolute Gasteiger partial charge is 0.201 e. The quantitative estimate of drug-likeness (QED) is 0.144. The predicted octanol–water partition coefficient (Wildman–Crippen LogP) is 11.4. The van der Waals surface area contributed by atoms with E-state index in [1.165, 1.54) is 31.7 Å². The minimum Gasteiger partial charge on any atom is -0.490 e. The molecule has 0 N–H and O–H groups in total. The topological polar surface area (TPSA) is 9.23 Å². The zero-order valence-electron chi connectivity index (χ0n) is 23.9. The Kier molecular flexibility index (Phi) is 11.3. The molecule has 3 aromatic carbocycles. The van der Waals surface area contributed by atoms with Gasteiger partial charge in [0, 0.05) is 5.56 Å². The molecule has 0 aliphatic heterocycles. The van der Waals surface area contributed by atoms with Gasteiger partial charge in [0.2, 0.25) is 5.82 Å². The zero-order valence-corrected chi connectivity index (χ0v) is 23.9. The summed E-state index contributed by atoms with van der Waals surface area (Å²) in [6.07, 6.45) is 15.2. The first-order valence-electron chi connectivity index (χ1n) is 15.1. The molecule has 1 aliphatic carbocycles. The molecule has 0 heterocycles. The molecule has 0 amide bonds. The van der Waals surface area contributed by atoms with E-state index in [0.717, 1.165) is 74.0 Å². The molecule has 1 fully saturated rings. The van der Waals surface area contributed by atoms with Crippen LogP contribution < -0.4 is 4.74 Å². The molecule has 3 aromatic rings. The Morgan fingerprint density at radius 1 is 0.775 bits per heavy atom. The Balaban J connectivity index is 1.36. The van der Waals surface area contributed by atoms with Gasteiger partial charge in [-0.2, -0.15) is 4.39 Å². The van der Waals surface area contributed by atoms with Gasteiger partial charge < -0.3 is 4.74 Å². The molecule has 0 radical (unpaired) electrons. The molecule has 0 spiro atoms. The number of halogens is 3. The first kappa shape index (κ1) is 30.0. The summed E-state index contributed by atoms with van der Waals surface area (Å²) < 4.78 is 50.4. The number of hydrogen-bond donors (Lipinski definition) is 0. The van der Waals surface area contributed by atoms with E-state index in [2.05, 4.69) is 13.5 Å². The highest BCUT2D eigenvalue weighted by Crippen LogP contribution is 2.39. The van der Waals surface area contributed by atoms with Crippen molar-refractivity contribution in [3.63, 3.8) is 0 Å². The minimum absolute atomic E-state index is 0.0488. The average molecular weight is 549 g/mol. The summed E-state index contributed by atoms with van der Waals surface area (Å²) in [6, 6.07) is 15.7. The van der Waals surface area contributed by atoms with E-state index < -0.39 is 11.6 Å². The van der Waals surface area contributed by atoms with Crippen LogP contribution in [0.4, 0.5) is 13.2 Å². The van der Waals surface area contributed by atoms with Crippen molar-refractivity contribution in [1.82, 2.24) is 0 Å². The fraction of sp³-hybridized carbons (Fsp3) is 0.444. The first-order chi connectivity index (χ1) is 19.5. The van der Waals surface area contributed by atoms with Crippen molar-refractivity contribution in [1.29, 1.82) is 0 Å². The van der Waals surface area contributed by atoms with Crippen molar-refractivity contribution in [2.24, 2.45) is 5.92 Å². The maximum atomic E-state index is 15.2. The molecule has 4 heteroatoms. The monoisotopic (exact) mass is 548 g/mol. The van der Waals surface area contributed by atoms with Crippen molar-refractivity contribution in [2.45, 2.75) is 89.9 Å². The Morgan fingerprint density at radius 3 is 2.15 bits per heavy atom. The van der Waals surface area contributed by atoms with Gasteiger partial charge in [-0.3, -0.25) is 0 Å². The molecule has 0 atom stereocenters. The molecule has 214 valence electrons.